The molecule has 0 amide bonds. The van der Waals surface area contributed by atoms with Gasteiger partial charge in [0.1, 0.15) is 0 Å². The van der Waals surface area contributed by atoms with Crippen LogP contribution in [0.3, 0.4) is 0 Å². The lowest BCUT2D eigenvalue weighted by Gasteiger charge is -2.05. The van der Waals surface area contributed by atoms with E-state index in [2.05, 4.69) is 0 Å². The maximum Gasteiger partial charge on any atom is 0.338 e. The van der Waals surface area contributed by atoms with Crippen molar-refractivity contribution < 1.29 is 18.3 Å². The first kappa shape index (κ1) is 14.9. The number of esters is 1. The van der Waals surface area contributed by atoms with Crippen molar-refractivity contribution in [1.29, 1.82) is 0 Å². The molecule has 18 heavy (non-hydrogen) atoms. The lowest BCUT2D eigenvalue weighted by molar-refractivity contribution is 0.0494. The highest BCUT2D eigenvalue weighted by Crippen LogP contribution is 2.11. The van der Waals surface area contributed by atoms with Gasteiger partial charge in [-0.05, 0) is 43.5 Å². The SMILES string of the molecule is O=C(OCCCCCC(F)F)c1ccc(Cl)cc1. The summed E-state index contributed by atoms with van der Waals surface area (Å²) in [7, 11) is 0. The van der Waals surface area contributed by atoms with Crippen LogP contribution in [0.25, 0.3) is 0 Å². The zero-order chi connectivity index (χ0) is 13.4. The van der Waals surface area contributed by atoms with Crippen LogP contribution in [0.15, 0.2) is 24.3 Å². The standard InChI is InChI=1S/C13H15ClF2O2/c14-11-7-5-10(6-8-11)13(17)18-9-3-1-2-4-12(15)16/h5-8,12H,1-4,9H2. The van der Waals surface area contributed by atoms with Crippen molar-refractivity contribution >= 4 is 17.6 Å². The predicted octanol–water partition coefficient (Wildman–Crippen LogP) is 4.32. The number of hydrogen-bond donors (Lipinski definition) is 0. The molecule has 1 aromatic rings. The molecule has 0 aliphatic carbocycles. The first-order valence-corrected chi connectivity index (χ1v) is 6.18. The van der Waals surface area contributed by atoms with Crippen molar-refractivity contribution in [3.8, 4) is 0 Å². The topological polar surface area (TPSA) is 26.3 Å². The summed E-state index contributed by atoms with van der Waals surface area (Å²) >= 11 is 5.69. The van der Waals surface area contributed by atoms with Crippen LogP contribution in [0.4, 0.5) is 8.78 Å². The number of carbonyl (C=O) groups excluding carboxylic acids is 1. The third-order valence-corrected chi connectivity index (χ3v) is 2.63. The van der Waals surface area contributed by atoms with Crippen molar-refractivity contribution in [3.63, 3.8) is 0 Å². The summed E-state index contributed by atoms with van der Waals surface area (Å²) in [5, 5.41) is 0.554. The number of benzene rings is 1. The van der Waals surface area contributed by atoms with Crippen LogP contribution in [-0.4, -0.2) is 19.0 Å². The van der Waals surface area contributed by atoms with Gasteiger partial charge in [-0.25, -0.2) is 13.6 Å². The monoisotopic (exact) mass is 276 g/mol. The quantitative estimate of drug-likeness (QED) is 0.547. The summed E-state index contributed by atoms with van der Waals surface area (Å²) in [6, 6.07) is 6.39. The molecular formula is C13H15ClF2O2. The average molecular weight is 277 g/mol. The van der Waals surface area contributed by atoms with Crippen molar-refractivity contribution in [2.24, 2.45) is 0 Å². The number of rotatable bonds is 7. The van der Waals surface area contributed by atoms with Gasteiger partial charge in [-0.2, -0.15) is 0 Å². The molecule has 0 bridgehead atoms. The summed E-state index contributed by atoms with van der Waals surface area (Å²) in [6.07, 6.45) is -0.646. The number of hydrogen-bond acceptors (Lipinski definition) is 2. The van der Waals surface area contributed by atoms with Gasteiger partial charge in [-0.15, -0.1) is 0 Å². The van der Waals surface area contributed by atoms with Crippen molar-refractivity contribution in [2.45, 2.75) is 32.1 Å². The highest BCUT2D eigenvalue weighted by Gasteiger charge is 2.06. The van der Waals surface area contributed by atoms with Crippen LogP contribution < -0.4 is 0 Å². The second kappa shape index (κ2) is 8.03. The summed E-state index contributed by atoms with van der Waals surface area (Å²) in [5.41, 5.74) is 0.437. The third kappa shape index (κ3) is 5.96. The van der Waals surface area contributed by atoms with E-state index in [1.807, 2.05) is 0 Å². The molecular weight excluding hydrogens is 262 g/mol. The van der Waals surface area contributed by atoms with E-state index < -0.39 is 12.4 Å². The fourth-order valence-corrected chi connectivity index (χ4v) is 1.54. The Bertz CT molecular complexity index is 366. The molecule has 0 heterocycles. The number of ether oxygens (including phenoxy) is 1. The molecule has 0 atom stereocenters. The Balaban J connectivity index is 2.16. The minimum Gasteiger partial charge on any atom is -0.462 e. The highest BCUT2D eigenvalue weighted by molar-refractivity contribution is 6.30. The van der Waals surface area contributed by atoms with E-state index in [1.54, 1.807) is 24.3 Å². The molecule has 0 radical (unpaired) electrons. The normalized spacial score (nSPS) is 10.7. The molecule has 100 valence electrons. The van der Waals surface area contributed by atoms with Crippen LogP contribution in [0.1, 0.15) is 36.0 Å². The molecule has 5 heteroatoms. The second-order valence-corrected chi connectivity index (χ2v) is 4.32. The smallest absolute Gasteiger partial charge is 0.338 e. The summed E-state index contributed by atoms with van der Waals surface area (Å²) < 4.78 is 28.7. The fourth-order valence-electron chi connectivity index (χ4n) is 1.41. The van der Waals surface area contributed by atoms with E-state index >= 15 is 0 Å². The molecule has 0 N–H and O–H groups in total. The van der Waals surface area contributed by atoms with E-state index in [0.29, 0.717) is 29.8 Å². The molecule has 2 nitrogen and oxygen atoms in total. The van der Waals surface area contributed by atoms with Crippen LogP contribution >= 0.6 is 11.6 Å². The number of unbranched alkanes of at least 4 members (excludes halogenated alkanes) is 2. The molecule has 0 aliphatic rings. The van der Waals surface area contributed by atoms with Gasteiger partial charge in [-0.3, -0.25) is 0 Å². The zero-order valence-electron chi connectivity index (χ0n) is 9.87. The van der Waals surface area contributed by atoms with Gasteiger partial charge in [0.15, 0.2) is 0 Å². The summed E-state index contributed by atoms with van der Waals surface area (Å²) in [5.74, 6) is -0.416. The Morgan fingerprint density at radius 3 is 2.44 bits per heavy atom. The Kier molecular flexibility index (Phi) is 6.65. The molecule has 1 aromatic carbocycles. The van der Waals surface area contributed by atoms with Crippen molar-refractivity contribution in [1.82, 2.24) is 0 Å². The number of alkyl halides is 2. The maximum absolute atomic E-state index is 11.8. The van der Waals surface area contributed by atoms with E-state index in [0.717, 1.165) is 0 Å². The largest absolute Gasteiger partial charge is 0.462 e. The summed E-state index contributed by atoms with van der Waals surface area (Å²) in [6.45, 7) is 0.255. The molecule has 0 saturated heterocycles. The Labute approximate surface area is 110 Å². The minimum atomic E-state index is -2.25. The maximum atomic E-state index is 11.8. The van der Waals surface area contributed by atoms with Gasteiger partial charge in [0.25, 0.3) is 0 Å². The van der Waals surface area contributed by atoms with E-state index in [-0.39, 0.29) is 13.0 Å². The first-order chi connectivity index (χ1) is 8.59. The Morgan fingerprint density at radius 1 is 1.17 bits per heavy atom. The second-order valence-electron chi connectivity index (χ2n) is 3.88. The molecule has 0 aromatic heterocycles. The molecule has 0 fully saturated rings. The van der Waals surface area contributed by atoms with Gasteiger partial charge in [0.05, 0.1) is 12.2 Å². The Hall–Kier alpha value is -1.16. The summed E-state index contributed by atoms with van der Waals surface area (Å²) in [4.78, 5) is 11.5. The van der Waals surface area contributed by atoms with Gasteiger partial charge < -0.3 is 4.74 Å². The van der Waals surface area contributed by atoms with E-state index in [9.17, 15) is 13.6 Å². The minimum absolute atomic E-state index is 0.0921. The lowest BCUT2D eigenvalue weighted by Crippen LogP contribution is -2.06. The van der Waals surface area contributed by atoms with Crippen LogP contribution in [0.5, 0.6) is 0 Å². The van der Waals surface area contributed by atoms with Crippen LogP contribution in [0.2, 0.25) is 5.02 Å². The molecule has 0 unspecified atom stereocenters. The van der Waals surface area contributed by atoms with Crippen molar-refractivity contribution in [3.05, 3.63) is 34.9 Å². The number of halogens is 3. The molecule has 0 spiro atoms. The van der Waals surface area contributed by atoms with Gasteiger partial charge in [-0.1, -0.05) is 11.6 Å². The molecule has 0 aliphatic heterocycles. The van der Waals surface area contributed by atoms with Crippen LogP contribution in [-0.2, 0) is 4.74 Å². The number of carbonyl (C=O) groups is 1. The Morgan fingerprint density at radius 2 is 1.83 bits per heavy atom. The van der Waals surface area contributed by atoms with Crippen molar-refractivity contribution in [2.75, 3.05) is 6.61 Å². The first-order valence-electron chi connectivity index (χ1n) is 5.80. The van der Waals surface area contributed by atoms with Gasteiger partial charge >= 0.3 is 5.97 Å². The van der Waals surface area contributed by atoms with Crippen LogP contribution in [0, 0.1) is 0 Å². The molecule has 0 saturated carbocycles. The zero-order valence-corrected chi connectivity index (χ0v) is 10.6. The molecule has 1 rings (SSSR count). The van der Waals surface area contributed by atoms with Gasteiger partial charge in [0, 0.05) is 11.4 Å². The predicted molar refractivity (Wildman–Crippen MR) is 66.2 cm³/mol. The van der Waals surface area contributed by atoms with E-state index in [4.69, 9.17) is 16.3 Å². The third-order valence-electron chi connectivity index (χ3n) is 2.38. The fraction of sp³-hybridized carbons (Fsp3) is 0.462. The average Bonchev–Trinajstić information content (AvgIpc) is 2.34. The van der Waals surface area contributed by atoms with E-state index in [1.165, 1.54) is 0 Å². The van der Waals surface area contributed by atoms with Gasteiger partial charge in [0.2, 0.25) is 6.43 Å². The lowest BCUT2D eigenvalue weighted by atomic mass is 10.2. The highest BCUT2D eigenvalue weighted by atomic mass is 35.5.